The van der Waals surface area contributed by atoms with E-state index in [0.717, 1.165) is 33.5 Å². The molecule has 4 aromatic rings. The highest BCUT2D eigenvalue weighted by atomic mass is 16.5. The Hall–Kier alpha value is -4.10. The third-order valence-electron chi connectivity index (χ3n) is 5.04. The maximum Gasteiger partial charge on any atom is 0.140 e. The zero-order valence-corrected chi connectivity index (χ0v) is 17.6. The van der Waals surface area contributed by atoms with E-state index < -0.39 is 0 Å². The van der Waals surface area contributed by atoms with Crippen LogP contribution in [0.3, 0.4) is 0 Å². The Balaban J connectivity index is 1.39. The number of nitrogens with one attached hydrogen (secondary N) is 1. The Kier molecular flexibility index (Phi) is 6.79. The van der Waals surface area contributed by atoms with E-state index in [1.807, 2.05) is 78.9 Å². The molecule has 0 aliphatic carbocycles. The molecule has 7 nitrogen and oxygen atoms in total. The summed E-state index contributed by atoms with van der Waals surface area (Å²) in [5.74, 6) is 12.7. The Morgan fingerprint density at radius 3 is 2.31 bits per heavy atom. The lowest BCUT2D eigenvalue weighted by Crippen LogP contribution is -2.33. The number of rotatable bonds is 8. The molecule has 0 spiro atoms. The molecule has 0 saturated carbocycles. The lowest BCUT2D eigenvalue weighted by Gasteiger charge is -2.13. The van der Waals surface area contributed by atoms with E-state index in [1.54, 1.807) is 0 Å². The van der Waals surface area contributed by atoms with E-state index in [2.05, 4.69) is 21.6 Å². The van der Waals surface area contributed by atoms with Gasteiger partial charge in [0.2, 0.25) is 0 Å². The topological polar surface area (TPSA) is 108 Å². The van der Waals surface area contributed by atoms with Crippen molar-refractivity contribution in [3.8, 4) is 11.5 Å². The van der Waals surface area contributed by atoms with Crippen LogP contribution >= 0.6 is 0 Å². The number of nitrogens with two attached hydrogens (primary N) is 2. The number of pyridine rings is 1. The molecule has 1 aromatic heterocycles. The first-order valence-electron chi connectivity index (χ1n) is 10.3. The molecule has 1 heterocycles. The number of benzene rings is 3. The van der Waals surface area contributed by atoms with Crippen molar-refractivity contribution in [1.29, 1.82) is 0 Å². The number of hydrogen-bond donors (Lipinski definition) is 3. The summed E-state index contributed by atoms with van der Waals surface area (Å²) in [7, 11) is 0. The number of para-hydroxylation sites is 1. The van der Waals surface area contributed by atoms with Gasteiger partial charge in [-0.05, 0) is 35.4 Å². The maximum atomic E-state index is 6.01. The number of hydrogen-bond acceptors (Lipinski definition) is 6. The van der Waals surface area contributed by atoms with Crippen LogP contribution in [0, 0.1) is 0 Å². The molecule has 7 heteroatoms. The summed E-state index contributed by atoms with van der Waals surface area (Å²) in [5.41, 5.74) is 6.39. The first-order valence-corrected chi connectivity index (χ1v) is 10.3. The molecule has 4 rings (SSSR count). The van der Waals surface area contributed by atoms with Crippen LogP contribution < -0.4 is 26.6 Å². The molecule has 5 N–H and O–H groups in total. The summed E-state index contributed by atoms with van der Waals surface area (Å²) in [4.78, 5) is 4.65. The van der Waals surface area contributed by atoms with Crippen molar-refractivity contribution < 1.29 is 9.47 Å². The van der Waals surface area contributed by atoms with Gasteiger partial charge in [-0.1, -0.05) is 54.6 Å². The van der Waals surface area contributed by atoms with Crippen molar-refractivity contribution in [2.75, 3.05) is 0 Å². The quantitative estimate of drug-likeness (QED) is 0.171. The minimum absolute atomic E-state index is 0.379. The molecular formula is C25H25N5O2. The molecule has 3 aromatic carbocycles. The van der Waals surface area contributed by atoms with Crippen molar-refractivity contribution in [3.63, 3.8) is 0 Å². The minimum atomic E-state index is 0.379. The van der Waals surface area contributed by atoms with Crippen LogP contribution in [-0.4, -0.2) is 10.8 Å². The number of ether oxygens (including phenoxy) is 2. The Bertz CT molecular complexity index is 1230. The molecule has 0 amide bonds. The van der Waals surface area contributed by atoms with Gasteiger partial charge in [-0.15, -0.1) is 0 Å². The summed E-state index contributed by atoms with van der Waals surface area (Å²) in [5, 5.41) is 4.76. The van der Waals surface area contributed by atoms with Gasteiger partial charge in [0.1, 0.15) is 30.5 Å². The maximum absolute atomic E-state index is 6.01. The zero-order valence-electron chi connectivity index (χ0n) is 17.6. The van der Waals surface area contributed by atoms with E-state index in [4.69, 9.17) is 21.2 Å². The predicted molar refractivity (Wildman–Crippen MR) is 126 cm³/mol. The highest BCUT2D eigenvalue weighted by Gasteiger charge is 2.07. The largest absolute Gasteiger partial charge is 0.489 e. The highest BCUT2D eigenvalue weighted by molar-refractivity contribution is 5.83. The molecule has 0 fully saturated rings. The van der Waals surface area contributed by atoms with Gasteiger partial charge in [-0.25, -0.2) is 10.8 Å². The second kappa shape index (κ2) is 10.3. The van der Waals surface area contributed by atoms with Crippen LogP contribution in [0.15, 0.2) is 90.0 Å². The van der Waals surface area contributed by atoms with Gasteiger partial charge in [-0.3, -0.25) is 0 Å². The fourth-order valence-corrected chi connectivity index (χ4v) is 3.35. The summed E-state index contributed by atoms with van der Waals surface area (Å²) in [6.07, 6.45) is 0.494. The average molecular weight is 428 g/mol. The molecule has 32 heavy (non-hydrogen) atoms. The van der Waals surface area contributed by atoms with E-state index in [1.165, 1.54) is 0 Å². The molecule has 0 aliphatic heterocycles. The fraction of sp³-hybridized carbons (Fsp3) is 0.120. The minimum Gasteiger partial charge on any atom is -0.489 e. The SMILES string of the molecule is NN=C(Cc1ccccc1COc1cccc(OCc2ccc3ccccc3n2)c1)NN. The van der Waals surface area contributed by atoms with Crippen LogP contribution in [0.2, 0.25) is 0 Å². The van der Waals surface area contributed by atoms with E-state index in [9.17, 15) is 0 Å². The lowest BCUT2D eigenvalue weighted by molar-refractivity contribution is 0.287. The van der Waals surface area contributed by atoms with Crippen molar-refractivity contribution in [1.82, 2.24) is 10.4 Å². The molecule has 0 unspecified atom stereocenters. The first kappa shape index (κ1) is 21.1. The summed E-state index contributed by atoms with van der Waals surface area (Å²) in [6, 6.07) is 27.6. The van der Waals surface area contributed by atoms with Crippen molar-refractivity contribution >= 4 is 16.7 Å². The van der Waals surface area contributed by atoms with Gasteiger partial charge in [0.05, 0.1) is 11.2 Å². The van der Waals surface area contributed by atoms with E-state index >= 15 is 0 Å². The number of nitrogens with zero attached hydrogens (tertiary/aromatic N) is 2. The van der Waals surface area contributed by atoms with Crippen molar-refractivity contribution in [2.24, 2.45) is 16.8 Å². The number of hydrazone groups is 1. The molecule has 0 atom stereocenters. The second-order valence-corrected chi connectivity index (χ2v) is 7.21. The molecule has 162 valence electrons. The summed E-state index contributed by atoms with van der Waals surface area (Å²) < 4.78 is 12.0. The van der Waals surface area contributed by atoms with Gasteiger partial charge in [-0.2, -0.15) is 5.10 Å². The number of hydrazine groups is 1. The third kappa shape index (κ3) is 5.33. The first-order chi connectivity index (χ1) is 15.7. The molecule has 0 radical (unpaired) electrons. The second-order valence-electron chi connectivity index (χ2n) is 7.21. The van der Waals surface area contributed by atoms with Crippen LogP contribution in [0.1, 0.15) is 16.8 Å². The predicted octanol–water partition coefficient (Wildman–Crippen LogP) is 3.67. The Morgan fingerprint density at radius 2 is 1.53 bits per heavy atom. The van der Waals surface area contributed by atoms with Gasteiger partial charge in [0.25, 0.3) is 0 Å². The van der Waals surface area contributed by atoms with Gasteiger partial charge in [0.15, 0.2) is 0 Å². The smallest absolute Gasteiger partial charge is 0.140 e. The third-order valence-corrected chi connectivity index (χ3v) is 5.04. The average Bonchev–Trinajstić information content (AvgIpc) is 2.85. The molecule has 0 bridgehead atoms. The number of amidine groups is 1. The van der Waals surface area contributed by atoms with Crippen molar-refractivity contribution in [3.05, 3.63) is 102 Å². The molecular weight excluding hydrogens is 402 g/mol. The zero-order chi connectivity index (χ0) is 22.2. The van der Waals surface area contributed by atoms with Crippen LogP contribution in [0.25, 0.3) is 10.9 Å². The number of aromatic nitrogens is 1. The van der Waals surface area contributed by atoms with Gasteiger partial charge >= 0.3 is 0 Å². The fourth-order valence-electron chi connectivity index (χ4n) is 3.35. The number of fused-ring (bicyclic) bond motifs is 1. The molecule has 0 aliphatic rings. The Labute approximate surface area is 186 Å². The normalized spacial score (nSPS) is 11.3. The molecule has 0 saturated heterocycles. The van der Waals surface area contributed by atoms with E-state index in [-0.39, 0.29) is 0 Å². The van der Waals surface area contributed by atoms with Gasteiger partial charge < -0.3 is 20.7 Å². The van der Waals surface area contributed by atoms with Crippen LogP contribution in [0.4, 0.5) is 0 Å². The summed E-state index contributed by atoms with van der Waals surface area (Å²) >= 11 is 0. The van der Waals surface area contributed by atoms with E-state index in [0.29, 0.717) is 31.2 Å². The van der Waals surface area contributed by atoms with Gasteiger partial charge in [0, 0.05) is 17.9 Å². The van der Waals surface area contributed by atoms with Crippen LogP contribution in [0.5, 0.6) is 11.5 Å². The Morgan fingerprint density at radius 1 is 0.812 bits per heavy atom. The van der Waals surface area contributed by atoms with Crippen LogP contribution in [-0.2, 0) is 19.6 Å². The van der Waals surface area contributed by atoms with Crippen molar-refractivity contribution in [2.45, 2.75) is 19.6 Å². The lowest BCUT2D eigenvalue weighted by atomic mass is 10.0. The summed E-state index contributed by atoms with van der Waals surface area (Å²) in [6.45, 7) is 0.776. The highest BCUT2D eigenvalue weighted by Crippen LogP contribution is 2.22. The monoisotopic (exact) mass is 427 g/mol. The standard InChI is InChI=1S/C25H25N5O2/c26-29-25(30-27)14-19-7-1-2-8-20(19)16-31-22-9-5-10-23(15-22)32-17-21-13-12-18-6-3-4-11-24(18)28-21/h1-13,15H,14,16-17,26-27H2,(H,29,30).